The molecule has 0 aromatic carbocycles. The van der Waals surface area contributed by atoms with Crippen LogP contribution >= 0.6 is 23.4 Å². The number of hydrogen-bond acceptors (Lipinski definition) is 3. The lowest BCUT2D eigenvalue weighted by Crippen LogP contribution is -2.17. The Labute approximate surface area is 113 Å². The molecule has 0 saturated carbocycles. The molecule has 0 aliphatic heterocycles. The number of nitrogens with one attached hydrogen (secondary N) is 1. The van der Waals surface area contributed by atoms with E-state index >= 15 is 0 Å². The predicted molar refractivity (Wildman–Crippen MR) is 70.3 cm³/mol. The topological polar surface area (TPSA) is 24.9 Å². The summed E-state index contributed by atoms with van der Waals surface area (Å²) in [6.07, 6.45) is -0.745. The molecule has 0 bridgehead atoms. The number of alkyl halides is 3. The number of halogens is 4. The van der Waals surface area contributed by atoms with Crippen LogP contribution in [0.3, 0.4) is 0 Å². The fraction of sp³-hybridized carbons (Fsp3) is 0.545. The molecule has 102 valence electrons. The first-order chi connectivity index (χ1) is 8.34. The second-order valence-corrected chi connectivity index (χ2v) is 5.27. The van der Waals surface area contributed by atoms with Crippen molar-refractivity contribution < 1.29 is 13.2 Å². The first-order valence-electron chi connectivity index (χ1n) is 5.32. The summed E-state index contributed by atoms with van der Waals surface area (Å²) in [5, 5.41) is 2.99. The highest BCUT2D eigenvalue weighted by molar-refractivity contribution is 7.98. The number of nitrogens with zero attached hydrogens (tertiary/aromatic N) is 1. The van der Waals surface area contributed by atoms with Crippen LogP contribution in [0.1, 0.15) is 18.9 Å². The zero-order valence-corrected chi connectivity index (χ0v) is 11.6. The molecule has 7 heteroatoms. The molecule has 0 saturated heterocycles. The Bertz CT molecular complexity index is 398. The minimum Gasteiger partial charge on any atom is -0.366 e. The smallest absolute Gasteiger partial charge is 0.366 e. The van der Waals surface area contributed by atoms with E-state index in [0.29, 0.717) is 5.82 Å². The second kappa shape index (κ2) is 6.52. The Morgan fingerprint density at radius 1 is 1.50 bits per heavy atom. The molecule has 1 N–H and O–H groups in total. The fourth-order valence-electron chi connectivity index (χ4n) is 1.30. The molecular weight excluding hydrogens is 285 g/mol. The van der Waals surface area contributed by atoms with Crippen molar-refractivity contribution in [1.29, 1.82) is 0 Å². The second-order valence-electron chi connectivity index (χ2n) is 3.88. The standard InChI is InChI=1S/C11H14ClF3N2S/c1-7(3-4-18-2)17-10-9(12)5-8(6-16-10)11(13,14)15/h5-7H,3-4H2,1-2H3,(H,16,17). The van der Waals surface area contributed by atoms with Gasteiger partial charge in [0.1, 0.15) is 5.82 Å². The molecule has 0 amide bonds. The minimum atomic E-state index is -4.42. The lowest BCUT2D eigenvalue weighted by atomic mass is 10.2. The largest absolute Gasteiger partial charge is 0.417 e. The molecule has 1 rings (SSSR count). The van der Waals surface area contributed by atoms with Gasteiger partial charge in [0.05, 0.1) is 10.6 Å². The molecule has 0 radical (unpaired) electrons. The van der Waals surface area contributed by atoms with Crippen molar-refractivity contribution in [2.75, 3.05) is 17.3 Å². The Kier molecular flexibility index (Phi) is 5.59. The molecule has 1 atom stereocenters. The van der Waals surface area contributed by atoms with E-state index in [1.807, 2.05) is 13.2 Å². The van der Waals surface area contributed by atoms with Crippen LogP contribution in [-0.2, 0) is 6.18 Å². The molecule has 0 fully saturated rings. The van der Waals surface area contributed by atoms with E-state index in [1.165, 1.54) is 0 Å². The van der Waals surface area contributed by atoms with E-state index in [1.54, 1.807) is 11.8 Å². The van der Waals surface area contributed by atoms with Gasteiger partial charge in [-0.3, -0.25) is 0 Å². The van der Waals surface area contributed by atoms with Gasteiger partial charge in [0, 0.05) is 12.2 Å². The van der Waals surface area contributed by atoms with Crippen LogP contribution in [0.4, 0.5) is 19.0 Å². The molecule has 2 nitrogen and oxygen atoms in total. The maximum absolute atomic E-state index is 12.4. The Morgan fingerprint density at radius 2 is 2.17 bits per heavy atom. The summed E-state index contributed by atoms with van der Waals surface area (Å²) in [6.45, 7) is 1.94. The minimum absolute atomic E-state index is 0.0131. The molecule has 1 heterocycles. The zero-order chi connectivity index (χ0) is 13.8. The SMILES string of the molecule is CSCCC(C)Nc1ncc(C(F)(F)F)cc1Cl. The van der Waals surface area contributed by atoms with Crippen LogP contribution < -0.4 is 5.32 Å². The molecular formula is C11H14ClF3N2S. The van der Waals surface area contributed by atoms with E-state index in [9.17, 15) is 13.2 Å². The van der Waals surface area contributed by atoms with Crippen LogP contribution in [0, 0.1) is 0 Å². The van der Waals surface area contributed by atoms with E-state index in [2.05, 4.69) is 10.3 Å². The maximum Gasteiger partial charge on any atom is 0.417 e. The van der Waals surface area contributed by atoms with Crippen LogP contribution in [0.15, 0.2) is 12.3 Å². The molecule has 18 heavy (non-hydrogen) atoms. The van der Waals surface area contributed by atoms with E-state index in [0.717, 1.165) is 24.4 Å². The van der Waals surface area contributed by atoms with Crippen molar-refractivity contribution in [3.63, 3.8) is 0 Å². The molecule has 0 aliphatic carbocycles. The average Bonchev–Trinajstić information content (AvgIpc) is 2.27. The number of anilines is 1. The molecule has 0 aliphatic rings. The monoisotopic (exact) mass is 298 g/mol. The molecule has 1 aromatic rings. The van der Waals surface area contributed by atoms with Gasteiger partial charge in [-0.25, -0.2) is 4.98 Å². The van der Waals surface area contributed by atoms with Crippen LogP contribution in [0.25, 0.3) is 0 Å². The summed E-state index contributed by atoms with van der Waals surface area (Å²) in [5.41, 5.74) is -0.838. The van der Waals surface area contributed by atoms with Gasteiger partial charge in [-0.2, -0.15) is 24.9 Å². The van der Waals surface area contributed by atoms with Gasteiger partial charge in [0.2, 0.25) is 0 Å². The van der Waals surface area contributed by atoms with Crippen molar-refractivity contribution in [2.24, 2.45) is 0 Å². The van der Waals surface area contributed by atoms with Crippen molar-refractivity contribution >= 4 is 29.2 Å². The van der Waals surface area contributed by atoms with E-state index in [4.69, 9.17) is 11.6 Å². The summed E-state index contributed by atoms with van der Waals surface area (Å²) in [7, 11) is 0. The van der Waals surface area contributed by atoms with Gasteiger partial charge in [-0.05, 0) is 31.4 Å². The molecule has 1 unspecified atom stereocenters. The van der Waals surface area contributed by atoms with Crippen molar-refractivity contribution in [2.45, 2.75) is 25.6 Å². The average molecular weight is 299 g/mol. The molecule has 0 spiro atoms. The number of thioether (sulfide) groups is 1. The lowest BCUT2D eigenvalue weighted by molar-refractivity contribution is -0.137. The normalized spacial score (nSPS) is 13.4. The number of rotatable bonds is 5. The summed E-state index contributed by atoms with van der Waals surface area (Å²) in [6, 6.07) is 0.997. The quantitative estimate of drug-likeness (QED) is 0.877. The van der Waals surface area contributed by atoms with Gasteiger partial charge >= 0.3 is 6.18 Å². The van der Waals surface area contributed by atoms with Crippen LogP contribution in [0.5, 0.6) is 0 Å². The third-order valence-electron chi connectivity index (χ3n) is 2.31. The number of aromatic nitrogens is 1. The third kappa shape index (κ3) is 4.57. The third-order valence-corrected chi connectivity index (χ3v) is 3.24. The Hall–Kier alpha value is -0.620. The lowest BCUT2D eigenvalue weighted by Gasteiger charge is -2.15. The highest BCUT2D eigenvalue weighted by Crippen LogP contribution is 2.32. The first kappa shape index (κ1) is 15.4. The van der Waals surface area contributed by atoms with Gasteiger partial charge in [-0.1, -0.05) is 11.6 Å². The van der Waals surface area contributed by atoms with Crippen molar-refractivity contribution in [1.82, 2.24) is 4.98 Å². The fourth-order valence-corrected chi connectivity index (χ4v) is 2.11. The highest BCUT2D eigenvalue weighted by atomic mass is 35.5. The van der Waals surface area contributed by atoms with Gasteiger partial charge < -0.3 is 5.32 Å². The molecule has 1 aromatic heterocycles. The van der Waals surface area contributed by atoms with Gasteiger partial charge in [0.15, 0.2) is 0 Å². The highest BCUT2D eigenvalue weighted by Gasteiger charge is 2.31. The van der Waals surface area contributed by atoms with Crippen LogP contribution in [-0.4, -0.2) is 23.0 Å². The maximum atomic E-state index is 12.4. The summed E-state index contributed by atoms with van der Waals surface area (Å²) in [4.78, 5) is 3.72. The Morgan fingerprint density at radius 3 is 2.67 bits per heavy atom. The van der Waals surface area contributed by atoms with E-state index in [-0.39, 0.29) is 11.1 Å². The first-order valence-corrected chi connectivity index (χ1v) is 7.10. The predicted octanol–water partition coefficient (Wildman–Crippen LogP) is 4.31. The van der Waals surface area contributed by atoms with Crippen molar-refractivity contribution in [3.8, 4) is 0 Å². The van der Waals surface area contributed by atoms with Crippen LogP contribution in [0.2, 0.25) is 5.02 Å². The zero-order valence-electron chi connectivity index (χ0n) is 10.0. The summed E-state index contributed by atoms with van der Waals surface area (Å²) >= 11 is 7.49. The van der Waals surface area contributed by atoms with Gasteiger partial charge in [0.25, 0.3) is 0 Å². The van der Waals surface area contributed by atoms with Crippen molar-refractivity contribution in [3.05, 3.63) is 22.8 Å². The van der Waals surface area contributed by atoms with Gasteiger partial charge in [-0.15, -0.1) is 0 Å². The summed E-state index contributed by atoms with van der Waals surface area (Å²) in [5.74, 6) is 1.25. The Balaban J connectivity index is 2.74. The summed E-state index contributed by atoms with van der Waals surface area (Å²) < 4.78 is 37.2. The number of hydrogen-bond donors (Lipinski definition) is 1. The van der Waals surface area contributed by atoms with E-state index < -0.39 is 11.7 Å². The number of pyridine rings is 1.